The molecule has 1 rings (SSSR count). The topological polar surface area (TPSA) is 33.6 Å². The van der Waals surface area contributed by atoms with Crippen LogP contribution in [0, 0.1) is 0 Å². The summed E-state index contributed by atoms with van der Waals surface area (Å²) in [4.78, 5) is 9.07. The monoisotopic (exact) mass is 126 g/mol. The molecule has 0 saturated carbocycles. The third-order valence-corrected chi connectivity index (χ3v) is 1.07. The number of rotatable bonds is 0. The van der Waals surface area contributed by atoms with Crippen molar-refractivity contribution in [3.63, 3.8) is 0 Å². The fourth-order valence-corrected chi connectivity index (χ4v) is 0.539. The van der Waals surface area contributed by atoms with E-state index in [-0.39, 0.29) is 0 Å². The summed E-state index contributed by atoms with van der Waals surface area (Å²) in [5.41, 5.74) is 2.68. The van der Waals surface area contributed by atoms with Gasteiger partial charge in [-0.05, 0) is 19.9 Å². The van der Waals surface area contributed by atoms with Crippen molar-refractivity contribution in [3.05, 3.63) is 11.8 Å². The molecule has 1 heterocycles. The summed E-state index contributed by atoms with van der Waals surface area (Å²) in [5, 5.41) is 0. The van der Waals surface area contributed by atoms with Crippen molar-refractivity contribution in [2.24, 2.45) is 4.99 Å². The molecule has 3 heteroatoms. The van der Waals surface area contributed by atoms with Crippen LogP contribution in [0.5, 0.6) is 0 Å². The molecule has 0 fully saturated rings. The Morgan fingerprint density at radius 3 is 3.22 bits per heavy atom. The van der Waals surface area contributed by atoms with Gasteiger partial charge < -0.3 is 4.84 Å². The van der Waals surface area contributed by atoms with E-state index in [0.29, 0.717) is 6.54 Å². The van der Waals surface area contributed by atoms with Crippen LogP contribution in [0.3, 0.4) is 0 Å². The van der Waals surface area contributed by atoms with Crippen LogP contribution in [0.15, 0.2) is 16.8 Å². The average molecular weight is 126 g/mol. The minimum atomic E-state index is 0.713. The maximum atomic E-state index is 5.00. The van der Waals surface area contributed by atoms with E-state index < -0.39 is 0 Å². The fourth-order valence-electron chi connectivity index (χ4n) is 0.539. The molecule has 0 aromatic rings. The molecule has 1 N–H and O–H groups in total. The van der Waals surface area contributed by atoms with E-state index in [4.69, 9.17) is 4.84 Å². The third-order valence-electron chi connectivity index (χ3n) is 1.07. The van der Waals surface area contributed by atoms with Gasteiger partial charge in [0, 0.05) is 0 Å². The Bertz CT molecular complexity index is 142. The first kappa shape index (κ1) is 6.13. The Morgan fingerprint density at radius 1 is 1.67 bits per heavy atom. The predicted molar refractivity (Wildman–Crippen MR) is 36.0 cm³/mol. The highest BCUT2D eigenvalue weighted by Gasteiger charge is 1.95. The van der Waals surface area contributed by atoms with E-state index in [2.05, 4.69) is 10.5 Å². The molecule has 0 aromatic carbocycles. The van der Waals surface area contributed by atoms with E-state index in [1.807, 2.05) is 19.9 Å². The van der Waals surface area contributed by atoms with Gasteiger partial charge in [-0.1, -0.05) is 0 Å². The van der Waals surface area contributed by atoms with Gasteiger partial charge >= 0.3 is 0 Å². The summed E-state index contributed by atoms with van der Waals surface area (Å²) in [7, 11) is 0. The van der Waals surface area contributed by atoms with Crippen LogP contribution < -0.4 is 5.48 Å². The van der Waals surface area contributed by atoms with Gasteiger partial charge in [-0.25, -0.2) is 5.48 Å². The first-order chi connectivity index (χ1) is 4.29. The van der Waals surface area contributed by atoms with Crippen molar-refractivity contribution in [3.8, 4) is 0 Å². The van der Waals surface area contributed by atoms with E-state index >= 15 is 0 Å². The zero-order chi connectivity index (χ0) is 6.69. The van der Waals surface area contributed by atoms with Crippen LogP contribution in [0.1, 0.15) is 13.8 Å². The molecular weight excluding hydrogens is 116 g/mol. The predicted octanol–water partition coefficient (Wildman–Crippen LogP) is 0.843. The molecule has 0 bridgehead atoms. The number of hydroxylamine groups is 1. The highest BCUT2D eigenvalue weighted by Crippen LogP contribution is 1.95. The third kappa shape index (κ3) is 1.76. The molecule has 0 unspecified atom stereocenters. The van der Waals surface area contributed by atoms with Crippen LogP contribution in [0.4, 0.5) is 0 Å². The lowest BCUT2D eigenvalue weighted by Crippen LogP contribution is -2.18. The lowest BCUT2D eigenvalue weighted by atomic mass is 10.5. The Morgan fingerprint density at radius 2 is 2.44 bits per heavy atom. The number of nitrogens with one attached hydrogen (secondary N) is 1. The molecule has 0 saturated heterocycles. The minimum Gasteiger partial charge on any atom is -0.386 e. The zero-order valence-electron chi connectivity index (χ0n) is 5.64. The van der Waals surface area contributed by atoms with Gasteiger partial charge in [0.1, 0.15) is 11.6 Å². The molecule has 9 heavy (non-hydrogen) atoms. The summed E-state index contributed by atoms with van der Waals surface area (Å²) in [6, 6.07) is 0. The lowest BCUT2D eigenvalue weighted by Gasteiger charge is -2.02. The second kappa shape index (κ2) is 2.53. The normalized spacial score (nSPS) is 18.4. The molecule has 1 aliphatic rings. The van der Waals surface area contributed by atoms with Crippen LogP contribution in [0.25, 0.3) is 0 Å². The van der Waals surface area contributed by atoms with Gasteiger partial charge in [-0.3, -0.25) is 4.99 Å². The van der Waals surface area contributed by atoms with Crippen LogP contribution in [-0.4, -0.2) is 12.4 Å². The maximum absolute atomic E-state index is 5.00. The molecule has 1 aliphatic heterocycles. The van der Waals surface area contributed by atoms with Gasteiger partial charge in [0.05, 0.1) is 6.54 Å². The van der Waals surface area contributed by atoms with Gasteiger partial charge in [0.15, 0.2) is 0 Å². The van der Waals surface area contributed by atoms with Gasteiger partial charge in [-0.2, -0.15) is 0 Å². The van der Waals surface area contributed by atoms with Crippen LogP contribution >= 0.6 is 0 Å². The van der Waals surface area contributed by atoms with Crippen LogP contribution in [-0.2, 0) is 4.84 Å². The second-order valence-electron chi connectivity index (χ2n) is 1.94. The summed E-state index contributed by atoms with van der Waals surface area (Å²) < 4.78 is 0. The number of nitrogens with zero attached hydrogens (tertiary/aromatic N) is 1. The Labute approximate surface area is 54.4 Å². The van der Waals surface area contributed by atoms with E-state index in [0.717, 1.165) is 11.6 Å². The highest BCUT2D eigenvalue weighted by atomic mass is 16.6. The van der Waals surface area contributed by atoms with E-state index in [1.165, 1.54) is 0 Å². The number of allylic oxidation sites excluding steroid dienone is 1. The number of amidine groups is 1. The van der Waals surface area contributed by atoms with Crippen molar-refractivity contribution in [1.82, 2.24) is 5.48 Å². The highest BCUT2D eigenvalue weighted by molar-refractivity contribution is 5.78. The van der Waals surface area contributed by atoms with E-state index in [1.54, 1.807) is 0 Å². The Hall–Kier alpha value is -0.990. The Kier molecular flexibility index (Phi) is 1.72. The summed E-state index contributed by atoms with van der Waals surface area (Å²) in [6.07, 6.45) is 1.92. The zero-order valence-corrected chi connectivity index (χ0v) is 5.64. The van der Waals surface area contributed by atoms with E-state index in [9.17, 15) is 0 Å². The van der Waals surface area contributed by atoms with Gasteiger partial charge in [0.25, 0.3) is 0 Å². The second-order valence-corrected chi connectivity index (χ2v) is 1.94. The first-order valence-electron chi connectivity index (χ1n) is 2.90. The molecule has 3 nitrogen and oxygen atoms in total. The number of hydrogen-bond acceptors (Lipinski definition) is 3. The lowest BCUT2D eigenvalue weighted by molar-refractivity contribution is 0.161. The molecule has 0 spiro atoms. The van der Waals surface area contributed by atoms with Crippen molar-refractivity contribution in [2.45, 2.75) is 13.8 Å². The number of hydrogen-bond donors (Lipinski definition) is 1. The fraction of sp³-hybridized carbons (Fsp3) is 0.500. The minimum absolute atomic E-state index is 0.713. The first-order valence-corrected chi connectivity index (χ1v) is 2.90. The molecule has 50 valence electrons. The van der Waals surface area contributed by atoms with Crippen molar-refractivity contribution < 1.29 is 4.84 Å². The SMILES string of the molecule is CC1=CCN=C(C)NO1. The molecule has 0 aliphatic carbocycles. The number of aliphatic imine (C=N–C) groups is 1. The van der Waals surface area contributed by atoms with Gasteiger partial charge in [-0.15, -0.1) is 0 Å². The summed E-state index contributed by atoms with van der Waals surface area (Å²) in [5.74, 6) is 1.69. The van der Waals surface area contributed by atoms with Crippen molar-refractivity contribution in [2.75, 3.05) is 6.54 Å². The molecule has 0 radical (unpaired) electrons. The van der Waals surface area contributed by atoms with Crippen LogP contribution in [0.2, 0.25) is 0 Å². The molecule has 0 amide bonds. The standard InChI is InChI=1S/C6H10N2O/c1-5-3-4-7-6(2)8-9-5/h3H,4H2,1-2H3,(H,7,8). The quantitative estimate of drug-likeness (QED) is 0.522. The molecular formula is C6H10N2O. The van der Waals surface area contributed by atoms with Crippen molar-refractivity contribution >= 4 is 5.84 Å². The summed E-state index contributed by atoms with van der Waals surface area (Å²) in [6.45, 7) is 4.47. The summed E-state index contributed by atoms with van der Waals surface area (Å²) >= 11 is 0. The maximum Gasteiger partial charge on any atom is 0.129 e. The van der Waals surface area contributed by atoms with Crippen molar-refractivity contribution in [1.29, 1.82) is 0 Å². The smallest absolute Gasteiger partial charge is 0.129 e. The molecule has 0 aromatic heterocycles. The Balaban J connectivity index is 2.54. The average Bonchev–Trinajstić information content (AvgIpc) is 1.97. The van der Waals surface area contributed by atoms with Gasteiger partial charge in [0.2, 0.25) is 0 Å². The molecule has 0 atom stereocenters. The largest absolute Gasteiger partial charge is 0.386 e.